The van der Waals surface area contributed by atoms with E-state index in [1.807, 2.05) is 0 Å². The fraction of sp³-hybridized carbons (Fsp3) is 0.500. The summed E-state index contributed by atoms with van der Waals surface area (Å²) in [6.45, 7) is 3.41. The summed E-state index contributed by atoms with van der Waals surface area (Å²) in [6.07, 6.45) is -5.00. The normalized spacial score (nSPS) is 11.9. The van der Waals surface area contributed by atoms with Gasteiger partial charge in [-0.1, -0.05) is 12.1 Å². The zero-order valence-corrected chi connectivity index (χ0v) is 13.5. The third-order valence-corrected chi connectivity index (χ3v) is 3.32. The standard InChI is InChI=1S/C16H21F3N2O3/c1-15(2,9-8-13(22)23)21-14(24)20-12-5-3-11(4-6-12)7-10-16(17,18)19/h3-6H,7-10H2,1-2H3,(H,22,23)(H2,20,21,24). The Kier molecular flexibility index (Phi) is 6.62. The average Bonchev–Trinajstić information content (AvgIpc) is 2.43. The molecule has 0 radical (unpaired) electrons. The van der Waals surface area contributed by atoms with Gasteiger partial charge in [-0.3, -0.25) is 4.79 Å². The first kappa shape index (κ1) is 19.8. The van der Waals surface area contributed by atoms with E-state index in [1.165, 1.54) is 24.3 Å². The van der Waals surface area contributed by atoms with Crippen LogP contribution in [0.3, 0.4) is 0 Å². The minimum Gasteiger partial charge on any atom is -0.481 e. The Labute approximate surface area is 138 Å². The summed E-state index contributed by atoms with van der Waals surface area (Å²) in [5.74, 6) is -0.945. The summed E-state index contributed by atoms with van der Waals surface area (Å²) in [6, 6.07) is 5.59. The lowest BCUT2D eigenvalue weighted by molar-refractivity contribution is -0.137. The van der Waals surface area contributed by atoms with E-state index in [2.05, 4.69) is 10.6 Å². The van der Waals surface area contributed by atoms with Crippen LogP contribution in [-0.2, 0) is 11.2 Å². The number of anilines is 1. The average molecular weight is 346 g/mol. The number of benzene rings is 1. The van der Waals surface area contributed by atoms with Crippen molar-refractivity contribution < 1.29 is 27.9 Å². The van der Waals surface area contributed by atoms with Crippen LogP contribution in [0, 0.1) is 0 Å². The summed E-state index contributed by atoms with van der Waals surface area (Å²) in [5.41, 5.74) is 0.270. The molecule has 0 aliphatic rings. The van der Waals surface area contributed by atoms with Gasteiger partial charge in [-0.25, -0.2) is 4.79 Å². The van der Waals surface area contributed by atoms with E-state index in [-0.39, 0.29) is 19.3 Å². The van der Waals surface area contributed by atoms with Gasteiger partial charge in [-0.2, -0.15) is 13.2 Å². The largest absolute Gasteiger partial charge is 0.481 e. The molecule has 0 aliphatic heterocycles. The summed E-state index contributed by atoms with van der Waals surface area (Å²) >= 11 is 0. The molecule has 3 N–H and O–H groups in total. The Morgan fingerprint density at radius 3 is 2.17 bits per heavy atom. The zero-order valence-electron chi connectivity index (χ0n) is 13.5. The van der Waals surface area contributed by atoms with Crippen LogP contribution in [0.25, 0.3) is 0 Å². The number of amides is 2. The molecule has 8 heteroatoms. The molecule has 0 spiro atoms. The van der Waals surface area contributed by atoms with Crippen LogP contribution in [-0.4, -0.2) is 28.8 Å². The molecule has 0 fully saturated rings. The van der Waals surface area contributed by atoms with Gasteiger partial charge in [0.05, 0.1) is 0 Å². The third kappa shape index (κ3) is 8.40. The zero-order chi connectivity index (χ0) is 18.4. The molecule has 0 heterocycles. The molecular formula is C16H21F3N2O3. The highest BCUT2D eigenvalue weighted by molar-refractivity contribution is 5.89. The van der Waals surface area contributed by atoms with Gasteiger partial charge in [0, 0.05) is 24.1 Å². The number of alkyl halides is 3. The van der Waals surface area contributed by atoms with Gasteiger partial charge >= 0.3 is 18.2 Å². The summed E-state index contributed by atoms with van der Waals surface area (Å²) < 4.78 is 36.5. The van der Waals surface area contributed by atoms with Crippen LogP contribution in [0.4, 0.5) is 23.7 Å². The van der Waals surface area contributed by atoms with E-state index < -0.39 is 30.1 Å². The molecule has 0 aromatic heterocycles. The van der Waals surface area contributed by atoms with Gasteiger partial charge in [-0.15, -0.1) is 0 Å². The van der Waals surface area contributed by atoms with E-state index in [0.29, 0.717) is 11.3 Å². The van der Waals surface area contributed by atoms with Crippen molar-refractivity contribution in [3.05, 3.63) is 29.8 Å². The van der Waals surface area contributed by atoms with Crippen molar-refractivity contribution in [1.82, 2.24) is 5.32 Å². The van der Waals surface area contributed by atoms with Gasteiger partial charge in [-0.05, 0) is 44.4 Å². The van der Waals surface area contributed by atoms with Crippen molar-refractivity contribution >= 4 is 17.7 Å². The first-order valence-electron chi connectivity index (χ1n) is 7.43. The number of rotatable bonds is 7. The Morgan fingerprint density at radius 1 is 1.08 bits per heavy atom. The predicted molar refractivity (Wildman–Crippen MR) is 83.9 cm³/mol. The fourth-order valence-corrected chi connectivity index (χ4v) is 1.99. The Balaban J connectivity index is 2.51. The molecular weight excluding hydrogens is 325 g/mol. The number of carboxylic acid groups (broad SMARTS) is 1. The first-order valence-corrected chi connectivity index (χ1v) is 7.43. The van der Waals surface area contributed by atoms with Gasteiger partial charge in [0.15, 0.2) is 0 Å². The van der Waals surface area contributed by atoms with Crippen molar-refractivity contribution in [2.24, 2.45) is 0 Å². The van der Waals surface area contributed by atoms with Gasteiger partial charge in [0.25, 0.3) is 0 Å². The van der Waals surface area contributed by atoms with E-state index >= 15 is 0 Å². The second-order valence-electron chi connectivity index (χ2n) is 6.17. The molecule has 1 aromatic rings. The lowest BCUT2D eigenvalue weighted by Gasteiger charge is -2.25. The molecule has 0 bridgehead atoms. The maximum absolute atomic E-state index is 12.2. The molecule has 0 saturated heterocycles. The highest BCUT2D eigenvalue weighted by Gasteiger charge is 2.26. The van der Waals surface area contributed by atoms with Crippen molar-refractivity contribution in [3.8, 4) is 0 Å². The van der Waals surface area contributed by atoms with Gasteiger partial charge in [0.1, 0.15) is 0 Å². The molecule has 24 heavy (non-hydrogen) atoms. The molecule has 1 rings (SSSR count). The highest BCUT2D eigenvalue weighted by Crippen LogP contribution is 2.22. The number of carbonyl (C=O) groups excluding carboxylic acids is 1. The Bertz CT molecular complexity index is 569. The number of aliphatic carboxylic acids is 1. The number of hydrogen-bond donors (Lipinski definition) is 3. The molecule has 2 amide bonds. The van der Waals surface area contributed by atoms with E-state index in [9.17, 15) is 22.8 Å². The minimum absolute atomic E-state index is 0.0683. The molecule has 1 aromatic carbocycles. The van der Waals surface area contributed by atoms with Crippen LogP contribution in [0.1, 0.15) is 38.7 Å². The monoisotopic (exact) mass is 346 g/mol. The molecule has 0 saturated carbocycles. The van der Waals surface area contributed by atoms with E-state index in [4.69, 9.17) is 5.11 Å². The van der Waals surface area contributed by atoms with Crippen LogP contribution < -0.4 is 10.6 Å². The number of nitrogens with one attached hydrogen (secondary N) is 2. The third-order valence-electron chi connectivity index (χ3n) is 3.32. The van der Waals surface area contributed by atoms with Gasteiger partial charge in [0.2, 0.25) is 0 Å². The number of hydrogen-bond acceptors (Lipinski definition) is 2. The minimum atomic E-state index is -4.20. The number of carboxylic acids is 1. The lowest BCUT2D eigenvalue weighted by Crippen LogP contribution is -2.45. The highest BCUT2D eigenvalue weighted by atomic mass is 19.4. The Morgan fingerprint density at radius 2 is 1.67 bits per heavy atom. The quantitative estimate of drug-likeness (QED) is 0.699. The lowest BCUT2D eigenvalue weighted by atomic mass is 9.99. The van der Waals surface area contributed by atoms with Crippen molar-refractivity contribution in [2.45, 2.75) is 51.2 Å². The molecule has 0 atom stereocenters. The molecule has 0 aliphatic carbocycles. The van der Waals surface area contributed by atoms with Crippen molar-refractivity contribution in [2.75, 3.05) is 5.32 Å². The molecule has 134 valence electrons. The maximum Gasteiger partial charge on any atom is 0.389 e. The second-order valence-corrected chi connectivity index (χ2v) is 6.17. The van der Waals surface area contributed by atoms with Crippen molar-refractivity contribution in [1.29, 1.82) is 0 Å². The fourth-order valence-electron chi connectivity index (χ4n) is 1.99. The van der Waals surface area contributed by atoms with Crippen LogP contribution in [0.15, 0.2) is 24.3 Å². The smallest absolute Gasteiger partial charge is 0.389 e. The summed E-state index contributed by atoms with van der Waals surface area (Å²) in [4.78, 5) is 22.5. The number of carbonyl (C=O) groups is 2. The summed E-state index contributed by atoms with van der Waals surface area (Å²) in [5, 5.41) is 13.9. The van der Waals surface area contributed by atoms with Gasteiger partial charge < -0.3 is 15.7 Å². The first-order chi connectivity index (χ1) is 11.0. The Hall–Kier alpha value is -2.25. The van der Waals surface area contributed by atoms with Crippen LogP contribution >= 0.6 is 0 Å². The summed E-state index contributed by atoms with van der Waals surface area (Å²) in [7, 11) is 0. The number of urea groups is 1. The van der Waals surface area contributed by atoms with E-state index in [0.717, 1.165) is 0 Å². The second kappa shape index (κ2) is 8.03. The number of halogens is 3. The maximum atomic E-state index is 12.2. The molecule has 5 nitrogen and oxygen atoms in total. The van der Waals surface area contributed by atoms with Crippen LogP contribution in [0.2, 0.25) is 0 Å². The molecule has 0 unspecified atom stereocenters. The number of aryl methyl sites for hydroxylation is 1. The van der Waals surface area contributed by atoms with Crippen LogP contribution in [0.5, 0.6) is 0 Å². The predicted octanol–water partition coefficient (Wildman–Crippen LogP) is 3.95. The SMILES string of the molecule is CC(C)(CCC(=O)O)NC(=O)Nc1ccc(CCC(F)(F)F)cc1. The topological polar surface area (TPSA) is 78.4 Å². The van der Waals surface area contributed by atoms with Crippen molar-refractivity contribution in [3.63, 3.8) is 0 Å². The van der Waals surface area contributed by atoms with E-state index in [1.54, 1.807) is 13.8 Å².